The number of hydrogen-bond acceptors (Lipinski definition) is 4. The number of nitriles is 1. The molecule has 0 amide bonds. The third-order valence-corrected chi connectivity index (χ3v) is 2.32. The van der Waals surface area contributed by atoms with Crippen molar-refractivity contribution in [3.05, 3.63) is 53.3 Å². The molecule has 0 aliphatic heterocycles. The lowest BCUT2D eigenvalue weighted by Crippen LogP contribution is -1.99. The molecule has 0 aliphatic rings. The van der Waals surface area contributed by atoms with E-state index < -0.39 is 5.97 Å². The molecule has 0 bridgehead atoms. The van der Waals surface area contributed by atoms with Gasteiger partial charge in [0.15, 0.2) is 0 Å². The van der Waals surface area contributed by atoms with Crippen LogP contribution in [0.15, 0.2) is 42.1 Å². The van der Waals surface area contributed by atoms with Crippen LogP contribution in [0.4, 0.5) is 5.69 Å². The van der Waals surface area contributed by atoms with Crippen molar-refractivity contribution in [1.29, 1.82) is 5.26 Å². The monoisotopic (exact) mass is 243 g/mol. The van der Waals surface area contributed by atoms with Crippen molar-refractivity contribution >= 4 is 11.7 Å². The fourth-order valence-electron chi connectivity index (χ4n) is 1.39. The second kappa shape index (κ2) is 6.11. The molecule has 0 heterocycles. The number of anilines is 1. The Kier molecular flexibility index (Phi) is 4.52. The fraction of sp³-hybridized carbons (Fsp3) is 0.0769. The molecule has 0 spiro atoms. The summed E-state index contributed by atoms with van der Waals surface area (Å²) in [4.78, 5) is 10.8. The first kappa shape index (κ1) is 13.3. The van der Waals surface area contributed by atoms with Gasteiger partial charge in [-0.05, 0) is 36.4 Å². The molecular weight excluding hydrogens is 230 g/mol. The van der Waals surface area contributed by atoms with E-state index >= 15 is 0 Å². The van der Waals surface area contributed by atoms with Gasteiger partial charge in [0.2, 0.25) is 0 Å². The van der Waals surface area contributed by atoms with E-state index in [0.717, 1.165) is 5.56 Å². The molecule has 0 unspecified atom stereocenters. The first-order chi connectivity index (χ1) is 8.58. The van der Waals surface area contributed by atoms with E-state index in [0.29, 0.717) is 17.7 Å². The summed E-state index contributed by atoms with van der Waals surface area (Å²) < 4.78 is 0. The van der Waals surface area contributed by atoms with Crippen LogP contribution in [0.3, 0.4) is 0 Å². The zero-order chi connectivity index (χ0) is 13.5. The van der Waals surface area contributed by atoms with Crippen molar-refractivity contribution in [3.8, 4) is 6.07 Å². The van der Waals surface area contributed by atoms with Crippen LogP contribution < -0.4 is 11.5 Å². The van der Waals surface area contributed by atoms with Gasteiger partial charge in [0, 0.05) is 5.69 Å². The lowest BCUT2D eigenvalue weighted by Gasteiger charge is -2.01. The molecule has 5 heteroatoms. The highest BCUT2D eigenvalue weighted by molar-refractivity contribution is 5.89. The SMILES string of the molecule is N#Cc1cc(C/C=C(\C=C/N)C(=O)O)ccc1N. The molecule has 0 atom stereocenters. The zero-order valence-corrected chi connectivity index (χ0v) is 9.63. The van der Waals surface area contributed by atoms with Gasteiger partial charge in [0.25, 0.3) is 0 Å². The topological polar surface area (TPSA) is 113 Å². The van der Waals surface area contributed by atoms with E-state index in [-0.39, 0.29) is 5.57 Å². The van der Waals surface area contributed by atoms with Crippen LogP contribution in [0.25, 0.3) is 0 Å². The second-order valence-corrected chi connectivity index (χ2v) is 3.56. The van der Waals surface area contributed by atoms with E-state index in [1.165, 1.54) is 18.4 Å². The molecule has 1 rings (SSSR count). The predicted octanol–water partition coefficient (Wildman–Crippen LogP) is 1.17. The van der Waals surface area contributed by atoms with Crippen LogP contribution in [-0.4, -0.2) is 11.1 Å². The molecule has 0 aromatic heterocycles. The van der Waals surface area contributed by atoms with E-state index in [2.05, 4.69) is 0 Å². The van der Waals surface area contributed by atoms with E-state index in [4.69, 9.17) is 21.8 Å². The number of nitrogens with zero attached hydrogens (tertiary/aromatic N) is 1. The first-order valence-corrected chi connectivity index (χ1v) is 5.18. The average molecular weight is 243 g/mol. The number of benzene rings is 1. The van der Waals surface area contributed by atoms with Crippen LogP contribution in [0.2, 0.25) is 0 Å². The normalized spacial score (nSPS) is 11.4. The van der Waals surface area contributed by atoms with Crippen LogP contribution in [0.5, 0.6) is 0 Å². The largest absolute Gasteiger partial charge is 0.478 e. The summed E-state index contributed by atoms with van der Waals surface area (Å²) >= 11 is 0. The van der Waals surface area contributed by atoms with Gasteiger partial charge >= 0.3 is 5.97 Å². The summed E-state index contributed by atoms with van der Waals surface area (Å²) in [5, 5.41) is 17.7. The number of rotatable bonds is 4. The Bertz CT molecular complexity index is 554. The fourth-order valence-corrected chi connectivity index (χ4v) is 1.39. The van der Waals surface area contributed by atoms with Gasteiger partial charge in [0.1, 0.15) is 6.07 Å². The summed E-state index contributed by atoms with van der Waals surface area (Å²) in [6.07, 6.45) is 4.40. The molecule has 1 aromatic rings. The van der Waals surface area contributed by atoms with Crippen LogP contribution in [-0.2, 0) is 11.2 Å². The molecule has 0 saturated heterocycles. The molecular formula is C13H13N3O2. The highest BCUT2D eigenvalue weighted by atomic mass is 16.4. The molecule has 0 saturated carbocycles. The molecule has 5 N–H and O–H groups in total. The van der Waals surface area contributed by atoms with Crippen molar-refractivity contribution in [2.24, 2.45) is 5.73 Å². The minimum Gasteiger partial charge on any atom is -0.478 e. The number of carbonyl (C=O) groups is 1. The highest BCUT2D eigenvalue weighted by Gasteiger charge is 2.03. The zero-order valence-electron chi connectivity index (χ0n) is 9.63. The van der Waals surface area contributed by atoms with Gasteiger partial charge in [-0.2, -0.15) is 5.26 Å². The minimum absolute atomic E-state index is 0.104. The maximum Gasteiger partial charge on any atom is 0.335 e. The van der Waals surface area contributed by atoms with Gasteiger partial charge in [-0.25, -0.2) is 4.79 Å². The third-order valence-electron chi connectivity index (χ3n) is 2.32. The van der Waals surface area contributed by atoms with E-state index in [1.54, 1.807) is 18.2 Å². The lowest BCUT2D eigenvalue weighted by molar-refractivity contribution is -0.132. The van der Waals surface area contributed by atoms with Crippen molar-refractivity contribution < 1.29 is 9.90 Å². The van der Waals surface area contributed by atoms with Crippen molar-refractivity contribution in [2.75, 3.05) is 5.73 Å². The van der Waals surface area contributed by atoms with E-state index in [1.807, 2.05) is 6.07 Å². The standard InChI is InChI=1S/C13H13N3O2/c14-6-5-10(13(17)18)3-1-9-2-4-12(16)11(7-9)8-15/h2-7H,1,14,16H2,(H,17,18)/b6-5-,10-3+. The Hall–Kier alpha value is -2.74. The molecule has 18 heavy (non-hydrogen) atoms. The van der Waals surface area contributed by atoms with Gasteiger partial charge in [-0.15, -0.1) is 0 Å². The van der Waals surface area contributed by atoms with Gasteiger partial charge < -0.3 is 16.6 Å². The molecule has 5 nitrogen and oxygen atoms in total. The minimum atomic E-state index is -1.05. The Morgan fingerprint density at radius 1 is 1.50 bits per heavy atom. The summed E-state index contributed by atoms with van der Waals surface area (Å²) in [6.45, 7) is 0. The number of carboxylic acids is 1. The number of allylic oxidation sites excluding steroid dienone is 1. The Morgan fingerprint density at radius 3 is 2.78 bits per heavy atom. The summed E-state index contributed by atoms with van der Waals surface area (Å²) in [7, 11) is 0. The lowest BCUT2D eigenvalue weighted by atomic mass is 10.1. The van der Waals surface area contributed by atoms with Crippen LogP contribution in [0.1, 0.15) is 11.1 Å². The molecule has 0 fully saturated rings. The van der Waals surface area contributed by atoms with Crippen molar-refractivity contribution in [3.63, 3.8) is 0 Å². The van der Waals surface area contributed by atoms with Crippen molar-refractivity contribution in [1.82, 2.24) is 0 Å². The number of nitrogens with two attached hydrogens (primary N) is 2. The average Bonchev–Trinajstić information content (AvgIpc) is 2.35. The smallest absolute Gasteiger partial charge is 0.335 e. The summed E-state index contributed by atoms with van der Waals surface area (Å²) in [5.74, 6) is -1.05. The molecule has 1 aromatic carbocycles. The summed E-state index contributed by atoms with van der Waals surface area (Å²) in [5.41, 5.74) is 12.5. The number of nitrogen functional groups attached to an aromatic ring is 1. The van der Waals surface area contributed by atoms with Gasteiger partial charge in [0.05, 0.1) is 11.1 Å². The van der Waals surface area contributed by atoms with Crippen LogP contribution in [0, 0.1) is 11.3 Å². The van der Waals surface area contributed by atoms with Gasteiger partial charge in [-0.3, -0.25) is 0 Å². The van der Waals surface area contributed by atoms with Crippen molar-refractivity contribution in [2.45, 2.75) is 6.42 Å². The highest BCUT2D eigenvalue weighted by Crippen LogP contribution is 2.14. The number of carboxylic acid groups (broad SMARTS) is 1. The Balaban J connectivity index is 2.95. The predicted molar refractivity (Wildman–Crippen MR) is 68.3 cm³/mol. The molecule has 92 valence electrons. The summed E-state index contributed by atoms with van der Waals surface area (Å²) in [6, 6.07) is 6.99. The maximum atomic E-state index is 10.8. The quantitative estimate of drug-likeness (QED) is 0.417. The molecule has 0 aliphatic carbocycles. The second-order valence-electron chi connectivity index (χ2n) is 3.56. The number of hydrogen-bond donors (Lipinski definition) is 3. The van der Waals surface area contributed by atoms with E-state index in [9.17, 15) is 4.79 Å². The Morgan fingerprint density at radius 2 is 2.22 bits per heavy atom. The number of aliphatic carboxylic acids is 1. The Labute approximate surface area is 105 Å². The molecule has 0 radical (unpaired) electrons. The van der Waals surface area contributed by atoms with Gasteiger partial charge in [-0.1, -0.05) is 12.1 Å². The maximum absolute atomic E-state index is 10.8. The third kappa shape index (κ3) is 3.39. The van der Waals surface area contributed by atoms with Crippen LogP contribution >= 0.6 is 0 Å². The first-order valence-electron chi connectivity index (χ1n) is 5.18.